The first-order chi connectivity index (χ1) is 10.7. The van der Waals surface area contributed by atoms with Crippen molar-refractivity contribution in [2.75, 3.05) is 24.5 Å². The Hall–Kier alpha value is -1.66. The monoisotopic (exact) mass is 301 g/mol. The van der Waals surface area contributed by atoms with Gasteiger partial charge in [0.2, 0.25) is 0 Å². The number of H-pyrrole nitrogens is 1. The van der Waals surface area contributed by atoms with Crippen molar-refractivity contribution in [1.29, 1.82) is 0 Å². The molecular formula is C16H23N5O. The minimum atomic E-state index is -0.428. The summed E-state index contributed by atoms with van der Waals surface area (Å²) in [4.78, 5) is 14.3. The second kappa shape index (κ2) is 5.21. The Bertz CT molecular complexity index is 671. The van der Waals surface area contributed by atoms with E-state index in [1.54, 1.807) is 6.33 Å². The van der Waals surface area contributed by atoms with Crippen LogP contribution in [0, 0.1) is 11.3 Å². The molecule has 4 rings (SSSR count). The quantitative estimate of drug-likeness (QED) is 0.783. The molecule has 118 valence electrons. The third-order valence-electron chi connectivity index (χ3n) is 5.71. The molecule has 2 aromatic rings. The second-order valence-corrected chi connectivity index (χ2v) is 6.58. The van der Waals surface area contributed by atoms with Crippen LogP contribution in [0.3, 0.4) is 0 Å². The molecule has 0 bridgehead atoms. The molecular weight excluding hydrogens is 278 g/mol. The van der Waals surface area contributed by atoms with E-state index in [2.05, 4.69) is 32.1 Å². The largest absolute Gasteiger partial charge is 0.378 e. The molecule has 3 unspecified atom stereocenters. The van der Waals surface area contributed by atoms with Gasteiger partial charge in [-0.3, -0.25) is 5.32 Å². The van der Waals surface area contributed by atoms with Crippen LogP contribution in [0.5, 0.6) is 0 Å². The highest BCUT2D eigenvalue weighted by Crippen LogP contribution is 2.46. The van der Waals surface area contributed by atoms with Crippen LogP contribution in [0.1, 0.15) is 26.2 Å². The molecule has 0 aromatic carbocycles. The summed E-state index contributed by atoms with van der Waals surface area (Å²) in [6.45, 7) is 4.96. The van der Waals surface area contributed by atoms with Crippen molar-refractivity contribution in [2.45, 2.75) is 32.4 Å². The molecule has 6 heteroatoms. The van der Waals surface area contributed by atoms with E-state index in [1.807, 2.05) is 12.3 Å². The first kappa shape index (κ1) is 14.0. The fourth-order valence-electron chi connectivity index (χ4n) is 4.39. The summed E-state index contributed by atoms with van der Waals surface area (Å²) in [5.41, 5.74) is 0.796. The highest BCUT2D eigenvalue weighted by Gasteiger charge is 2.49. The Morgan fingerprint density at radius 3 is 3.18 bits per heavy atom. The van der Waals surface area contributed by atoms with E-state index in [9.17, 15) is 5.11 Å². The zero-order valence-electron chi connectivity index (χ0n) is 12.9. The fraction of sp³-hybridized carbons (Fsp3) is 0.625. The maximum absolute atomic E-state index is 10.6. The number of nitrogens with one attached hydrogen (secondary N) is 2. The maximum atomic E-state index is 10.6. The van der Waals surface area contributed by atoms with Crippen molar-refractivity contribution in [1.82, 2.24) is 20.3 Å². The van der Waals surface area contributed by atoms with Crippen molar-refractivity contribution >= 4 is 16.9 Å². The van der Waals surface area contributed by atoms with Crippen LogP contribution < -0.4 is 10.2 Å². The number of rotatable bonds is 2. The first-order valence-electron chi connectivity index (χ1n) is 8.19. The molecule has 22 heavy (non-hydrogen) atoms. The lowest BCUT2D eigenvalue weighted by Crippen LogP contribution is -2.62. The van der Waals surface area contributed by atoms with Crippen LogP contribution in [0.15, 0.2) is 18.6 Å². The summed E-state index contributed by atoms with van der Waals surface area (Å²) in [5.74, 6) is 1.57. The topological polar surface area (TPSA) is 77.1 Å². The van der Waals surface area contributed by atoms with Gasteiger partial charge in [-0.25, -0.2) is 9.97 Å². The summed E-state index contributed by atoms with van der Waals surface area (Å²) in [6, 6.07) is 2.03. The van der Waals surface area contributed by atoms with Gasteiger partial charge in [0.1, 0.15) is 24.0 Å². The van der Waals surface area contributed by atoms with Crippen molar-refractivity contribution in [3.63, 3.8) is 0 Å². The Morgan fingerprint density at radius 2 is 2.32 bits per heavy atom. The van der Waals surface area contributed by atoms with E-state index < -0.39 is 6.23 Å². The lowest BCUT2D eigenvalue weighted by molar-refractivity contribution is -0.0770. The normalized spacial score (nSPS) is 32.2. The van der Waals surface area contributed by atoms with Gasteiger partial charge in [0.25, 0.3) is 0 Å². The van der Waals surface area contributed by atoms with Crippen LogP contribution in [0.25, 0.3) is 11.0 Å². The maximum Gasteiger partial charge on any atom is 0.142 e. The van der Waals surface area contributed by atoms with Crippen LogP contribution in [0.2, 0.25) is 0 Å². The SMILES string of the molecule is CCC12CN(c3ncnc4[nH]ccc34)CCC1CCNC2O. The molecule has 2 fully saturated rings. The van der Waals surface area contributed by atoms with Gasteiger partial charge in [-0.05, 0) is 37.8 Å². The second-order valence-electron chi connectivity index (χ2n) is 6.58. The zero-order valence-corrected chi connectivity index (χ0v) is 12.9. The summed E-state index contributed by atoms with van der Waals surface area (Å²) in [5, 5.41) is 14.9. The molecule has 0 aliphatic carbocycles. The van der Waals surface area contributed by atoms with Crippen molar-refractivity contribution in [2.24, 2.45) is 11.3 Å². The van der Waals surface area contributed by atoms with Crippen LogP contribution >= 0.6 is 0 Å². The molecule has 0 spiro atoms. The van der Waals surface area contributed by atoms with E-state index >= 15 is 0 Å². The van der Waals surface area contributed by atoms with E-state index in [0.717, 1.165) is 55.7 Å². The standard InChI is InChI=1S/C16H23N5O/c1-2-16-9-21(8-5-11(16)3-6-18-15(16)22)14-12-4-7-17-13(12)19-10-20-14/h4,7,10-11,15,18,22H,2-3,5-6,8-9H2,1H3,(H,17,19,20). The Morgan fingerprint density at radius 1 is 1.41 bits per heavy atom. The van der Waals surface area contributed by atoms with Crippen LogP contribution in [0.4, 0.5) is 5.82 Å². The number of nitrogens with zero attached hydrogens (tertiary/aromatic N) is 3. The van der Waals surface area contributed by atoms with Gasteiger partial charge < -0.3 is 15.0 Å². The molecule has 0 amide bonds. The molecule has 2 aliphatic heterocycles. The third-order valence-corrected chi connectivity index (χ3v) is 5.71. The minimum Gasteiger partial charge on any atom is -0.378 e. The van der Waals surface area contributed by atoms with Gasteiger partial charge >= 0.3 is 0 Å². The third kappa shape index (κ3) is 1.94. The Labute approximate surface area is 130 Å². The molecule has 0 radical (unpaired) electrons. The number of aliphatic hydroxyl groups excluding tert-OH is 1. The van der Waals surface area contributed by atoms with Crippen LogP contribution in [-0.4, -0.2) is 45.9 Å². The molecule has 2 aliphatic rings. The molecule has 3 atom stereocenters. The molecule has 2 aromatic heterocycles. The Balaban J connectivity index is 1.71. The van der Waals surface area contributed by atoms with Crippen molar-refractivity contribution in [3.05, 3.63) is 18.6 Å². The minimum absolute atomic E-state index is 0.0793. The number of hydrogen-bond acceptors (Lipinski definition) is 5. The molecule has 3 N–H and O–H groups in total. The first-order valence-corrected chi connectivity index (χ1v) is 8.19. The van der Waals surface area contributed by atoms with Gasteiger partial charge in [0, 0.05) is 24.7 Å². The van der Waals surface area contributed by atoms with E-state index in [1.165, 1.54) is 0 Å². The molecule has 2 saturated heterocycles. The smallest absolute Gasteiger partial charge is 0.142 e. The number of hydrogen-bond donors (Lipinski definition) is 3. The van der Waals surface area contributed by atoms with Gasteiger partial charge in [-0.15, -0.1) is 0 Å². The number of anilines is 1. The average Bonchev–Trinajstić information content (AvgIpc) is 3.03. The number of aromatic amines is 1. The fourth-order valence-corrected chi connectivity index (χ4v) is 4.39. The van der Waals surface area contributed by atoms with Gasteiger partial charge in [0.15, 0.2) is 0 Å². The molecule has 4 heterocycles. The summed E-state index contributed by atoms with van der Waals surface area (Å²) >= 11 is 0. The van der Waals surface area contributed by atoms with Crippen molar-refractivity contribution in [3.8, 4) is 0 Å². The zero-order chi connectivity index (χ0) is 15.2. The predicted molar refractivity (Wildman–Crippen MR) is 85.6 cm³/mol. The number of fused-ring (bicyclic) bond motifs is 2. The summed E-state index contributed by atoms with van der Waals surface area (Å²) in [6.07, 6.45) is 6.34. The van der Waals surface area contributed by atoms with Crippen molar-refractivity contribution < 1.29 is 5.11 Å². The van der Waals surface area contributed by atoms with E-state index in [4.69, 9.17) is 0 Å². The summed E-state index contributed by atoms with van der Waals surface area (Å²) < 4.78 is 0. The number of piperidine rings is 2. The molecule has 0 saturated carbocycles. The van der Waals surface area contributed by atoms with Gasteiger partial charge in [-0.1, -0.05) is 6.92 Å². The van der Waals surface area contributed by atoms with E-state index in [-0.39, 0.29) is 5.41 Å². The lowest BCUT2D eigenvalue weighted by atomic mass is 9.64. The number of aromatic nitrogens is 3. The predicted octanol–water partition coefficient (Wildman–Crippen LogP) is 1.49. The highest BCUT2D eigenvalue weighted by atomic mass is 16.3. The van der Waals surface area contributed by atoms with Gasteiger partial charge in [-0.2, -0.15) is 0 Å². The van der Waals surface area contributed by atoms with E-state index in [0.29, 0.717) is 5.92 Å². The average molecular weight is 301 g/mol. The van der Waals surface area contributed by atoms with Crippen LogP contribution in [-0.2, 0) is 0 Å². The summed E-state index contributed by atoms with van der Waals surface area (Å²) in [7, 11) is 0. The number of aliphatic hydroxyl groups is 1. The van der Waals surface area contributed by atoms with Gasteiger partial charge in [0.05, 0.1) is 5.39 Å². The highest BCUT2D eigenvalue weighted by molar-refractivity contribution is 5.87. The lowest BCUT2D eigenvalue weighted by Gasteiger charge is -2.53. The molecule has 6 nitrogen and oxygen atoms in total. The Kier molecular flexibility index (Phi) is 3.31.